The molecule has 0 saturated heterocycles. The number of rotatable bonds is 7. The molecule has 0 heterocycles. The molecule has 0 amide bonds. The van der Waals surface area contributed by atoms with E-state index in [0.717, 1.165) is 11.3 Å². The lowest BCUT2D eigenvalue weighted by Gasteiger charge is -2.14. The van der Waals surface area contributed by atoms with Gasteiger partial charge in [-0.05, 0) is 30.7 Å². The second-order valence-corrected chi connectivity index (χ2v) is 4.91. The van der Waals surface area contributed by atoms with E-state index in [-0.39, 0.29) is 6.54 Å². The topological polar surface area (TPSA) is 49.8 Å². The number of ether oxygens (including phenoxy) is 1. The van der Waals surface area contributed by atoms with Gasteiger partial charge in [0, 0.05) is 6.54 Å². The summed E-state index contributed by atoms with van der Waals surface area (Å²) in [5, 5.41) is 8.67. The fourth-order valence-electron chi connectivity index (χ4n) is 1.55. The molecule has 100 valence electrons. The van der Waals surface area contributed by atoms with Crippen LogP contribution in [-0.2, 0) is 11.3 Å². The van der Waals surface area contributed by atoms with E-state index in [4.69, 9.17) is 9.84 Å². The van der Waals surface area contributed by atoms with E-state index in [1.54, 1.807) is 11.9 Å². The van der Waals surface area contributed by atoms with Gasteiger partial charge >= 0.3 is 5.97 Å². The molecular formula is C14H21NO3. The summed E-state index contributed by atoms with van der Waals surface area (Å²) in [5.41, 5.74) is 1.08. The van der Waals surface area contributed by atoms with Crippen LogP contribution in [-0.4, -0.2) is 36.2 Å². The standard InChI is InChI=1S/C14H21NO3/c1-11(2)10-18-13-6-4-12(5-7-13)8-15(3)9-14(16)17/h4-7,11H,8-10H2,1-3H3,(H,16,17). The number of hydrogen-bond donors (Lipinski definition) is 1. The molecule has 0 unspecified atom stereocenters. The van der Waals surface area contributed by atoms with Crippen molar-refractivity contribution in [1.82, 2.24) is 4.90 Å². The third-order valence-electron chi connectivity index (χ3n) is 2.36. The second kappa shape index (κ2) is 7.01. The summed E-state index contributed by atoms with van der Waals surface area (Å²) in [7, 11) is 1.79. The predicted octanol–water partition coefficient (Wildman–Crippen LogP) is 2.24. The Hall–Kier alpha value is -1.55. The third kappa shape index (κ3) is 5.68. The van der Waals surface area contributed by atoms with Crippen LogP contribution >= 0.6 is 0 Å². The third-order valence-corrected chi connectivity index (χ3v) is 2.36. The van der Waals surface area contributed by atoms with Crippen LogP contribution in [0.15, 0.2) is 24.3 Å². The second-order valence-electron chi connectivity index (χ2n) is 4.91. The van der Waals surface area contributed by atoms with Gasteiger partial charge in [-0.1, -0.05) is 26.0 Å². The van der Waals surface area contributed by atoms with Crippen molar-refractivity contribution < 1.29 is 14.6 Å². The summed E-state index contributed by atoms with van der Waals surface area (Å²) in [6.07, 6.45) is 0. The van der Waals surface area contributed by atoms with E-state index in [9.17, 15) is 4.79 Å². The molecule has 1 N–H and O–H groups in total. The van der Waals surface area contributed by atoms with Crippen LogP contribution in [0, 0.1) is 5.92 Å². The van der Waals surface area contributed by atoms with E-state index in [2.05, 4.69) is 13.8 Å². The van der Waals surface area contributed by atoms with E-state index < -0.39 is 5.97 Å². The SMILES string of the molecule is CC(C)COc1ccc(CN(C)CC(=O)O)cc1. The Kier molecular flexibility index (Phi) is 5.65. The van der Waals surface area contributed by atoms with Crippen LogP contribution in [0.5, 0.6) is 5.75 Å². The highest BCUT2D eigenvalue weighted by molar-refractivity contribution is 5.69. The maximum absolute atomic E-state index is 10.5. The first kappa shape index (κ1) is 14.5. The molecule has 1 aromatic rings. The lowest BCUT2D eigenvalue weighted by molar-refractivity contribution is -0.138. The molecule has 0 bridgehead atoms. The fourth-order valence-corrected chi connectivity index (χ4v) is 1.55. The number of carboxylic acids is 1. The molecule has 0 saturated carbocycles. The van der Waals surface area contributed by atoms with Crippen molar-refractivity contribution in [3.63, 3.8) is 0 Å². The molecule has 0 aliphatic heterocycles. The van der Waals surface area contributed by atoms with Crippen LogP contribution in [0.4, 0.5) is 0 Å². The summed E-state index contributed by atoms with van der Waals surface area (Å²) in [4.78, 5) is 12.3. The van der Waals surface area contributed by atoms with E-state index in [1.807, 2.05) is 24.3 Å². The molecule has 0 aliphatic rings. The van der Waals surface area contributed by atoms with Crippen LogP contribution < -0.4 is 4.74 Å². The summed E-state index contributed by atoms with van der Waals surface area (Å²) in [6, 6.07) is 7.78. The van der Waals surface area contributed by atoms with Gasteiger partial charge in [0.05, 0.1) is 13.2 Å². The molecule has 18 heavy (non-hydrogen) atoms. The Labute approximate surface area is 108 Å². The summed E-state index contributed by atoms with van der Waals surface area (Å²) < 4.78 is 5.58. The number of nitrogens with zero attached hydrogens (tertiary/aromatic N) is 1. The zero-order chi connectivity index (χ0) is 13.5. The van der Waals surface area contributed by atoms with Gasteiger partial charge < -0.3 is 9.84 Å². The molecular weight excluding hydrogens is 230 g/mol. The van der Waals surface area contributed by atoms with Gasteiger partial charge in [-0.3, -0.25) is 9.69 Å². The molecule has 4 nitrogen and oxygen atoms in total. The molecule has 0 spiro atoms. The highest BCUT2D eigenvalue weighted by Crippen LogP contribution is 2.14. The zero-order valence-corrected chi connectivity index (χ0v) is 11.2. The van der Waals surface area contributed by atoms with E-state index in [1.165, 1.54) is 0 Å². The Balaban J connectivity index is 2.47. The fraction of sp³-hybridized carbons (Fsp3) is 0.500. The van der Waals surface area contributed by atoms with Crippen molar-refractivity contribution >= 4 is 5.97 Å². The lowest BCUT2D eigenvalue weighted by atomic mass is 10.2. The van der Waals surface area contributed by atoms with E-state index >= 15 is 0 Å². The number of carbonyl (C=O) groups is 1. The summed E-state index contributed by atoms with van der Waals surface area (Å²) in [5.74, 6) is 0.550. The minimum atomic E-state index is -0.811. The van der Waals surface area contributed by atoms with Gasteiger partial charge in [0.25, 0.3) is 0 Å². The molecule has 0 aliphatic carbocycles. The van der Waals surface area contributed by atoms with Crippen LogP contribution in [0.25, 0.3) is 0 Å². The average Bonchev–Trinajstić information content (AvgIpc) is 2.26. The van der Waals surface area contributed by atoms with Crippen LogP contribution in [0.2, 0.25) is 0 Å². The van der Waals surface area contributed by atoms with Crippen molar-refractivity contribution in [2.75, 3.05) is 20.2 Å². The minimum Gasteiger partial charge on any atom is -0.493 e. The number of aliphatic carboxylic acids is 1. The molecule has 0 aromatic heterocycles. The predicted molar refractivity (Wildman–Crippen MR) is 70.7 cm³/mol. The van der Waals surface area contributed by atoms with Gasteiger partial charge in [0.1, 0.15) is 5.75 Å². The normalized spacial score (nSPS) is 10.9. The van der Waals surface area contributed by atoms with E-state index in [0.29, 0.717) is 19.1 Å². The molecule has 1 rings (SSSR count). The van der Waals surface area contributed by atoms with Gasteiger partial charge in [0.15, 0.2) is 0 Å². The van der Waals surface area contributed by atoms with Gasteiger partial charge in [0.2, 0.25) is 0 Å². The monoisotopic (exact) mass is 251 g/mol. The van der Waals surface area contributed by atoms with Gasteiger partial charge in [-0.25, -0.2) is 0 Å². The van der Waals surface area contributed by atoms with Gasteiger partial charge in [-0.2, -0.15) is 0 Å². The van der Waals surface area contributed by atoms with Crippen molar-refractivity contribution in [3.05, 3.63) is 29.8 Å². The van der Waals surface area contributed by atoms with Crippen molar-refractivity contribution in [3.8, 4) is 5.75 Å². The largest absolute Gasteiger partial charge is 0.493 e. The van der Waals surface area contributed by atoms with Gasteiger partial charge in [-0.15, -0.1) is 0 Å². The maximum atomic E-state index is 10.5. The Morgan fingerprint density at radius 1 is 1.33 bits per heavy atom. The molecule has 0 atom stereocenters. The number of carboxylic acid groups (broad SMARTS) is 1. The first-order valence-electron chi connectivity index (χ1n) is 6.09. The van der Waals surface area contributed by atoms with Crippen LogP contribution in [0.1, 0.15) is 19.4 Å². The summed E-state index contributed by atoms with van der Waals surface area (Å²) >= 11 is 0. The number of hydrogen-bond acceptors (Lipinski definition) is 3. The zero-order valence-electron chi connectivity index (χ0n) is 11.2. The number of benzene rings is 1. The highest BCUT2D eigenvalue weighted by Gasteiger charge is 2.05. The number of likely N-dealkylation sites (N-methyl/N-ethyl adjacent to an activating group) is 1. The molecule has 0 fully saturated rings. The quantitative estimate of drug-likeness (QED) is 0.807. The lowest BCUT2D eigenvalue weighted by Crippen LogP contribution is -2.25. The smallest absolute Gasteiger partial charge is 0.317 e. The molecule has 4 heteroatoms. The Morgan fingerprint density at radius 3 is 2.44 bits per heavy atom. The highest BCUT2D eigenvalue weighted by atomic mass is 16.5. The Bertz CT molecular complexity index is 373. The van der Waals surface area contributed by atoms with Crippen LogP contribution in [0.3, 0.4) is 0 Å². The Morgan fingerprint density at radius 2 is 1.94 bits per heavy atom. The van der Waals surface area contributed by atoms with Crippen molar-refractivity contribution in [2.24, 2.45) is 5.92 Å². The summed E-state index contributed by atoms with van der Waals surface area (Å²) in [6.45, 7) is 5.59. The minimum absolute atomic E-state index is 0.0472. The first-order chi connectivity index (χ1) is 8.47. The van der Waals surface area contributed by atoms with Crippen molar-refractivity contribution in [1.29, 1.82) is 0 Å². The molecule has 1 aromatic carbocycles. The maximum Gasteiger partial charge on any atom is 0.317 e. The average molecular weight is 251 g/mol. The molecule has 0 radical (unpaired) electrons. The van der Waals surface area contributed by atoms with Crippen molar-refractivity contribution in [2.45, 2.75) is 20.4 Å². The first-order valence-corrected chi connectivity index (χ1v) is 6.09.